The van der Waals surface area contributed by atoms with Crippen LogP contribution in [-0.4, -0.2) is 11.2 Å². The minimum atomic E-state index is -0.607. The second-order valence-corrected chi connectivity index (χ2v) is 3.44. The Morgan fingerprint density at radius 3 is 3.00 bits per heavy atom. The molecule has 2 atom stereocenters. The second-order valence-electron chi connectivity index (χ2n) is 3.44. The second kappa shape index (κ2) is 3.09. The average Bonchev–Trinajstić information content (AvgIpc) is 2.12. The molecular weight excluding hydrogens is 169 g/mol. The minimum absolute atomic E-state index is 0.302. The largest absolute Gasteiger partial charge is 0.391 e. The van der Waals surface area contributed by atoms with Gasteiger partial charge in [-0.3, -0.25) is 0 Å². The summed E-state index contributed by atoms with van der Waals surface area (Å²) < 4.78 is 13.3. The lowest BCUT2D eigenvalue weighted by Crippen LogP contribution is -2.32. The Bertz CT molecular complexity index is 327. The van der Waals surface area contributed by atoms with Crippen LogP contribution in [0.3, 0.4) is 0 Å². The Morgan fingerprint density at radius 1 is 1.46 bits per heavy atom. The van der Waals surface area contributed by atoms with E-state index in [4.69, 9.17) is 5.73 Å². The fourth-order valence-electron chi connectivity index (χ4n) is 1.85. The van der Waals surface area contributed by atoms with E-state index < -0.39 is 12.1 Å². The molecule has 70 valence electrons. The van der Waals surface area contributed by atoms with Gasteiger partial charge in [0.2, 0.25) is 0 Å². The number of aliphatic hydroxyl groups excluding tert-OH is 1. The van der Waals surface area contributed by atoms with E-state index >= 15 is 0 Å². The van der Waals surface area contributed by atoms with Crippen LogP contribution in [0.2, 0.25) is 0 Å². The maximum atomic E-state index is 13.3. The molecule has 1 aromatic carbocycles. The van der Waals surface area contributed by atoms with E-state index in [1.165, 1.54) is 6.07 Å². The predicted molar refractivity (Wildman–Crippen MR) is 47.7 cm³/mol. The Morgan fingerprint density at radius 2 is 2.23 bits per heavy atom. The summed E-state index contributed by atoms with van der Waals surface area (Å²) in [6.07, 6.45) is 0.726. The quantitative estimate of drug-likeness (QED) is 0.630. The Labute approximate surface area is 76.2 Å². The lowest BCUT2D eigenvalue weighted by molar-refractivity contribution is 0.126. The highest BCUT2D eigenvalue weighted by atomic mass is 19.1. The smallest absolute Gasteiger partial charge is 0.128 e. The summed E-state index contributed by atoms with van der Waals surface area (Å²) in [6.45, 7) is 0. The average molecular weight is 181 g/mol. The first-order chi connectivity index (χ1) is 6.20. The highest BCUT2D eigenvalue weighted by Crippen LogP contribution is 2.29. The maximum absolute atomic E-state index is 13.3. The van der Waals surface area contributed by atoms with Crippen LogP contribution in [-0.2, 0) is 6.42 Å². The van der Waals surface area contributed by atoms with Crippen molar-refractivity contribution in [3.05, 3.63) is 35.1 Å². The SMILES string of the molecule is N[C@@H]1c2c(F)cccc2CC[C@@H]1O. The van der Waals surface area contributed by atoms with Crippen molar-refractivity contribution in [2.75, 3.05) is 0 Å². The summed E-state index contributed by atoms with van der Waals surface area (Å²) in [5.74, 6) is -0.302. The molecule has 0 aliphatic heterocycles. The normalized spacial score (nSPS) is 27.0. The Kier molecular flexibility index (Phi) is 2.06. The summed E-state index contributed by atoms with van der Waals surface area (Å²) in [5, 5.41) is 9.46. The fraction of sp³-hybridized carbons (Fsp3) is 0.400. The van der Waals surface area contributed by atoms with Crippen LogP contribution < -0.4 is 5.73 Å². The molecule has 3 N–H and O–H groups in total. The van der Waals surface area contributed by atoms with Gasteiger partial charge in [0, 0.05) is 5.56 Å². The van der Waals surface area contributed by atoms with Gasteiger partial charge in [0.15, 0.2) is 0 Å². The van der Waals surface area contributed by atoms with Crippen molar-refractivity contribution in [2.45, 2.75) is 25.0 Å². The topological polar surface area (TPSA) is 46.2 Å². The first-order valence-corrected chi connectivity index (χ1v) is 4.41. The fourth-order valence-corrected chi connectivity index (χ4v) is 1.85. The number of hydrogen-bond donors (Lipinski definition) is 2. The zero-order valence-corrected chi connectivity index (χ0v) is 7.20. The van der Waals surface area contributed by atoms with Gasteiger partial charge in [0.1, 0.15) is 5.82 Å². The first kappa shape index (κ1) is 8.66. The van der Waals surface area contributed by atoms with Crippen LogP contribution in [0.25, 0.3) is 0 Å². The van der Waals surface area contributed by atoms with Crippen LogP contribution in [0, 0.1) is 5.82 Å². The molecule has 0 unspecified atom stereocenters. The molecule has 1 aliphatic rings. The number of fused-ring (bicyclic) bond motifs is 1. The molecule has 2 nitrogen and oxygen atoms in total. The van der Waals surface area contributed by atoms with Crippen molar-refractivity contribution in [3.63, 3.8) is 0 Å². The molecule has 0 saturated carbocycles. The lowest BCUT2D eigenvalue weighted by atomic mass is 9.86. The number of halogens is 1. The summed E-state index contributed by atoms with van der Waals surface area (Å²) in [6, 6.07) is 4.37. The van der Waals surface area contributed by atoms with Crippen molar-refractivity contribution >= 4 is 0 Å². The summed E-state index contributed by atoms with van der Waals surface area (Å²) in [5.41, 5.74) is 7.12. The maximum Gasteiger partial charge on any atom is 0.128 e. The third-order valence-corrected chi connectivity index (χ3v) is 2.60. The number of aliphatic hydroxyl groups is 1. The van der Waals surface area contributed by atoms with E-state index in [0.717, 1.165) is 5.56 Å². The summed E-state index contributed by atoms with van der Waals surface area (Å²) in [7, 11) is 0. The van der Waals surface area contributed by atoms with Gasteiger partial charge in [-0.05, 0) is 24.5 Å². The highest BCUT2D eigenvalue weighted by Gasteiger charge is 2.27. The van der Waals surface area contributed by atoms with Crippen LogP contribution in [0.15, 0.2) is 18.2 Å². The molecule has 1 aliphatic carbocycles. The van der Waals surface area contributed by atoms with Crippen molar-refractivity contribution in [3.8, 4) is 0 Å². The lowest BCUT2D eigenvalue weighted by Gasteiger charge is -2.27. The standard InChI is InChI=1S/C10H12FNO/c11-7-3-1-2-6-4-5-8(13)10(12)9(6)7/h1-3,8,10,13H,4-5,12H2/t8-,10-/m0/s1. The molecule has 3 heteroatoms. The predicted octanol–water partition coefficient (Wildman–Crippen LogP) is 1.13. The van der Waals surface area contributed by atoms with Gasteiger partial charge < -0.3 is 10.8 Å². The van der Waals surface area contributed by atoms with E-state index in [2.05, 4.69) is 0 Å². The summed E-state index contributed by atoms with van der Waals surface area (Å²) in [4.78, 5) is 0. The van der Waals surface area contributed by atoms with Crippen LogP contribution in [0.1, 0.15) is 23.6 Å². The molecule has 0 heterocycles. The molecule has 0 aromatic heterocycles. The van der Waals surface area contributed by atoms with Crippen molar-refractivity contribution in [1.29, 1.82) is 0 Å². The molecule has 0 spiro atoms. The number of nitrogens with two attached hydrogens (primary N) is 1. The van der Waals surface area contributed by atoms with E-state index in [-0.39, 0.29) is 5.82 Å². The van der Waals surface area contributed by atoms with E-state index in [0.29, 0.717) is 18.4 Å². The molecular formula is C10H12FNO. The number of aryl methyl sites for hydroxylation is 1. The van der Waals surface area contributed by atoms with Crippen LogP contribution in [0.5, 0.6) is 0 Å². The van der Waals surface area contributed by atoms with Gasteiger partial charge in [0.25, 0.3) is 0 Å². The van der Waals surface area contributed by atoms with Crippen molar-refractivity contribution in [1.82, 2.24) is 0 Å². The third-order valence-electron chi connectivity index (χ3n) is 2.60. The molecule has 2 rings (SSSR count). The van der Waals surface area contributed by atoms with Crippen LogP contribution >= 0.6 is 0 Å². The van der Waals surface area contributed by atoms with Gasteiger partial charge >= 0.3 is 0 Å². The minimum Gasteiger partial charge on any atom is -0.391 e. The number of benzene rings is 1. The molecule has 0 radical (unpaired) electrons. The molecule has 0 saturated heterocycles. The molecule has 0 amide bonds. The monoisotopic (exact) mass is 181 g/mol. The molecule has 0 bridgehead atoms. The van der Waals surface area contributed by atoms with E-state index in [9.17, 15) is 9.50 Å². The van der Waals surface area contributed by atoms with E-state index in [1.54, 1.807) is 6.07 Å². The van der Waals surface area contributed by atoms with Gasteiger partial charge in [-0.1, -0.05) is 12.1 Å². The van der Waals surface area contributed by atoms with Crippen molar-refractivity contribution < 1.29 is 9.50 Å². The Balaban J connectivity index is 2.51. The molecule has 1 aromatic rings. The highest BCUT2D eigenvalue weighted by molar-refractivity contribution is 5.34. The van der Waals surface area contributed by atoms with Gasteiger partial charge in [0.05, 0.1) is 12.1 Å². The first-order valence-electron chi connectivity index (χ1n) is 4.41. The third kappa shape index (κ3) is 1.34. The summed E-state index contributed by atoms with van der Waals surface area (Å²) >= 11 is 0. The zero-order chi connectivity index (χ0) is 9.42. The van der Waals surface area contributed by atoms with Gasteiger partial charge in [-0.2, -0.15) is 0 Å². The number of rotatable bonds is 0. The van der Waals surface area contributed by atoms with Crippen molar-refractivity contribution in [2.24, 2.45) is 5.73 Å². The molecule has 0 fully saturated rings. The molecule has 13 heavy (non-hydrogen) atoms. The zero-order valence-electron chi connectivity index (χ0n) is 7.20. The number of hydrogen-bond acceptors (Lipinski definition) is 2. The van der Waals surface area contributed by atoms with Gasteiger partial charge in [-0.15, -0.1) is 0 Å². The van der Waals surface area contributed by atoms with Gasteiger partial charge in [-0.25, -0.2) is 4.39 Å². The Hall–Kier alpha value is -0.930. The van der Waals surface area contributed by atoms with Crippen LogP contribution in [0.4, 0.5) is 4.39 Å². The van der Waals surface area contributed by atoms with E-state index in [1.807, 2.05) is 6.07 Å².